The molecule has 1 heterocycles. The largest absolute Gasteiger partial charge is 0.454 e. The Labute approximate surface area is 121 Å². The lowest BCUT2D eigenvalue weighted by Crippen LogP contribution is -2.27. The SMILES string of the molecule is CC(=O)NCCC(O)C(O)c1cc2c(cc1Cl)OCO2. The molecule has 3 N–H and O–H groups in total. The fourth-order valence-corrected chi connectivity index (χ4v) is 2.19. The number of carbonyl (C=O) groups excluding carboxylic acids is 1. The number of aliphatic hydroxyl groups excluding tert-OH is 2. The first kappa shape index (κ1) is 14.9. The van der Waals surface area contributed by atoms with Crippen LogP contribution in [0.15, 0.2) is 12.1 Å². The average Bonchev–Trinajstić information content (AvgIpc) is 2.83. The number of ether oxygens (including phenoxy) is 2. The van der Waals surface area contributed by atoms with E-state index in [2.05, 4.69) is 5.32 Å². The number of nitrogens with one attached hydrogen (secondary N) is 1. The van der Waals surface area contributed by atoms with E-state index in [4.69, 9.17) is 21.1 Å². The van der Waals surface area contributed by atoms with Gasteiger partial charge in [0.1, 0.15) is 6.10 Å². The second-order valence-corrected chi connectivity index (χ2v) is 4.92. The van der Waals surface area contributed by atoms with E-state index in [1.807, 2.05) is 0 Å². The molecule has 0 saturated carbocycles. The van der Waals surface area contributed by atoms with Crippen molar-refractivity contribution in [2.75, 3.05) is 13.3 Å². The molecule has 1 aliphatic rings. The van der Waals surface area contributed by atoms with Gasteiger partial charge in [0.25, 0.3) is 0 Å². The number of benzene rings is 1. The lowest BCUT2D eigenvalue weighted by molar-refractivity contribution is -0.119. The molecule has 0 aromatic heterocycles. The van der Waals surface area contributed by atoms with Gasteiger partial charge in [-0.25, -0.2) is 0 Å². The van der Waals surface area contributed by atoms with Gasteiger partial charge in [-0.1, -0.05) is 11.6 Å². The first-order valence-electron chi connectivity index (χ1n) is 6.18. The minimum atomic E-state index is -1.16. The van der Waals surface area contributed by atoms with Crippen LogP contribution in [-0.2, 0) is 4.79 Å². The van der Waals surface area contributed by atoms with E-state index >= 15 is 0 Å². The Hall–Kier alpha value is -1.50. The summed E-state index contributed by atoms with van der Waals surface area (Å²) in [7, 11) is 0. The van der Waals surface area contributed by atoms with Crippen LogP contribution in [0.2, 0.25) is 5.02 Å². The smallest absolute Gasteiger partial charge is 0.231 e. The third kappa shape index (κ3) is 3.33. The minimum absolute atomic E-state index is 0.107. The fourth-order valence-electron chi connectivity index (χ4n) is 1.92. The van der Waals surface area contributed by atoms with Gasteiger partial charge in [-0.15, -0.1) is 0 Å². The number of halogens is 1. The molecular formula is C13H16ClNO5. The lowest BCUT2D eigenvalue weighted by Gasteiger charge is -2.19. The highest BCUT2D eigenvalue weighted by Gasteiger charge is 2.24. The van der Waals surface area contributed by atoms with Crippen LogP contribution in [0.5, 0.6) is 11.5 Å². The van der Waals surface area contributed by atoms with E-state index in [9.17, 15) is 15.0 Å². The van der Waals surface area contributed by atoms with Gasteiger partial charge in [0.2, 0.25) is 12.7 Å². The van der Waals surface area contributed by atoms with Crippen molar-refractivity contribution in [2.24, 2.45) is 0 Å². The zero-order chi connectivity index (χ0) is 14.7. The zero-order valence-electron chi connectivity index (χ0n) is 10.9. The third-order valence-electron chi connectivity index (χ3n) is 2.99. The van der Waals surface area contributed by atoms with Crippen LogP contribution in [0, 0.1) is 0 Å². The van der Waals surface area contributed by atoms with Crippen molar-refractivity contribution in [2.45, 2.75) is 25.6 Å². The molecule has 2 rings (SSSR count). The Morgan fingerprint density at radius 1 is 1.40 bits per heavy atom. The molecule has 1 aliphatic heterocycles. The monoisotopic (exact) mass is 301 g/mol. The summed E-state index contributed by atoms with van der Waals surface area (Å²) in [4.78, 5) is 10.7. The van der Waals surface area contributed by atoms with Gasteiger partial charge in [0.05, 0.1) is 11.1 Å². The van der Waals surface area contributed by atoms with E-state index in [1.54, 1.807) is 12.1 Å². The van der Waals surface area contributed by atoms with Gasteiger partial charge in [0, 0.05) is 25.1 Å². The Kier molecular flexibility index (Phi) is 4.69. The average molecular weight is 302 g/mol. The summed E-state index contributed by atoms with van der Waals surface area (Å²) in [5.41, 5.74) is 0.367. The summed E-state index contributed by atoms with van der Waals surface area (Å²) in [6, 6.07) is 3.10. The number of fused-ring (bicyclic) bond motifs is 1. The maximum atomic E-state index is 10.7. The zero-order valence-corrected chi connectivity index (χ0v) is 11.7. The van der Waals surface area contributed by atoms with Gasteiger partial charge in [-0.05, 0) is 12.5 Å². The van der Waals surface area contributed by atoms with E-state index in [1.165, 1.54) is 6.92 Å². The van der Waals surface area contributed by atoms with Gasteiger partial charge < -0.3 is 25.0 Å². The van der Waals surface area contributed by atoms with Gasteiger partial charge >= 0.3 is 0 Å². The molecule has 0 saturated heterocycles. The molecule has 1 aromatic carbocycles. The number of hydrogen-bond acceptors (Lipinski definition) is 5. The van der Waals surface area contributed by atoms with Crippen LogP contribution in [0.25, 0.3) is 0 Å². The molecule has 0 radical (unpaired) electrons. The Balaban J connectivity index is 2.04. The molecule has 0 spiro atoms. The number of aliphatic hydroxyl groups is 2. The molecule has 1 aromatic rings. The second kappa shape index (κ2) is 6.30. The Morgan fingerprint density at radius 3 is 2.70 bits per heavy atom. The predicted octanol–water partition coefficient (Wildman–Crippen LogP) is 0.989. The molecule has 2 atom stereocenters. The summed E-state index contributed by atoms with van der Waals surface area (Å²) in [6.45, 7) is 1.77. The maximum Gasteiger partial charge on any atom is 0.231 e. The predicted molar refractivity (Wildman–Crippen MR) is 71.8 cm³/mol. The molecule has 2 unspecified atom stereocenters. The van der Waals surface area contributed by atoms with E-state index in [0.29, 0.717) is 22.1 Å². The fraction of sp³-hybridized carbons (Fsp3) is 0.462. The first-order chi connectivity index (χ1) is 9.49. The lowest BCUT2D eigenvalue weighted by atomic mass is 10.0. The van der Waals surface area contributed by atoms with E-state index in [0.717, 1.165) is 0 Å². The van der Waals surface area contributed by atoms with Crippen LogP contribution in [-0.4, -0.2) is 35.6 Å². The molecule has 6 nitrogen and oxygen atoms in total. The van der Waals surface area contributed by atoms with Crippen molar-refractivity contribution in [1.29, 1.82) is 0 Å². The molecular weight excluding hydrogens is 286 g/mol. The van der Waals surface area contributed by atoms with Crippen molar-refractivity contribution in [1.82, 2.24) is 5.32 Å². The van der Waals surface area contributed by atoms with Crippen LogP contribution in [0.1, 0.15) is 25.0 Å². The van der Waals surface area contributed by atoms with Gasteiger partial charge in [0.15, 0.2) is 11.5 Å². The van der Waals surface area contributed by atoms with Crippen molar-refractivity contribution in [3.05, 3.63) is 22.7 Å². The summed E-state index contributed by atoms with van der Waals surface area (Å²) < 4.78 is 10.4. The third-order valence-corrected chi connectivity index (χ3v) is 3.32. The Bertz CT molecular complexity index is 508. The number of carbonyl (C=O) groups is 1. The summed E-state index contributed by atoms with van der Waals surface area (Å²) >= 11 is 6.05. The van der Waals surface area contributed by atoms with Gasteiger partial charge in [-0.3, -0.25) is 4.79 Å². The number of hydrogen-bond donors (Lipinski definition) is 3. The highest BCUT2D eigenvalue weighted by atomic mass is 35.5. The highest BCUT2D eigenvalue weighted by molar-refractivity contribution is 6.31. The van der Waals surface area contributed by atoms with Crippen LogP contribution in [0.3, 0.4) is 0 Å². The minimum Gasteiger partial charge on any atom is -0.454 e. The first-order valence-corrected chi connectivity index (χ1v) is 6.56. The summed E-state index contributed by atoms with van der Waals surface area (Å²) in [6.07, 6.45) is -1.99. The second-order valence-electron chi connectivity index (χ2n) is 4.51. The molecule has 7 heteroatoms. The van der Waals surface area contributed by atoms with Gasteiger partial charge in [-0.2, -0.15) is 0 Å². The molecule has 0 bridgehead atoms. The topological polar surface area (TPSA) is 88.0 Å². The van der Waals surface area contributed by atoms with E-state index < -0.39 is 12.2 Å². The molecule has 20 heavy (non-hydrogen) atoms. The van der Waals surface area contributed by atoms with Crippen LogP contribution in [0.4, 0.5) is 0 Å². The van der Waals surface area contributed by atoms with Crippen molar-refractivity contribution in [3.8, 4) is 11.5 Å². The van der Waals surface area contributed by atoms with Crippen LogP contribution < -0.4 is 14.8 Å². The van der Waals surface area contributed by atoms with Crippen LogP contribution >= 0.6 is 11.6 Å². The van der Waals surface area contributed by atoms with Crippen molar-refractivity contribution < 1.29 is 24.5 Å². The normalized spacial score (nSPS) is 15.8. The summed E-state index contributed by atoms with van der Waals surface area (Å²) in [5.74, 6) is 0.809. The van der Waals surface area contributed by atoms with Crippen molar-refractivity contribution in [3.63, 3.8) is 0 Å². The molecule has 1 amide bonds. The number of amides is 1. The maximum absolute atomic E-state index is 10.7. The Morgan fingerprint density at radius 2 is 2.05 bits per heavy atom. The molecule has 0 aliphatic carbocycles. The van der Waals surface area contributed by atoms with E-state index in [-0.39, 0.29) is 25.7 Å². The molecule has 0 fully saturated rings. The standard InChI is InChI=1S/C13H16ClNO5/c1-7(16)15-3-2-10(17)13(18)8-4-11-12(5-9(8)14)20-6-19-11/h4-5,10,13,17-18H,2-3,6H2,1H3,(H,15,16). The van der Waals surface area contributed by atoms with Crippen molar-refractivity contribution >= 4 is 17.5 Å². The number of rotatable bonds is 5. The summed E-state index contributed by atoms with van der Waals surface area (Å²) in [5, 5.41) is 22.9. The quantitative estimate of drug-likeness (QED) is 0.755. The molecule has 110 valence electrons. The highest BCUT2D eigenvalue weighted by Crippen LogP contribution is 2.39.